The zero-order valence-electron chi connectivity index (χ0n) is 7.93. The van der Waals surface area contributed by atoms with E-state index in [-0.39, 0.29) is 5.69 Å². The molecule has 0 spiro atoms. The van der Waals surface area contributed by atoms with Crippen LogP contribution in [0.3, 0.4) is 0 Å². The third-order valence-corrected chi connectivity index (χ3v) is 1.76. The number of nitro groups is 1. The molecule has 0 aromatic heterocycles. The lowest BCUT2D eigenvalue weighted by Gasteiger charge is -2.04. The van der Waals surface area contributed by atoms with E-state index < -0.39 is 4.92 Å². The maximum absolute atomic E-state index is 10.6. The van der Waals surface area contributed by atoms with Crippen LogP contribution >= 0.6 is 0 Å². The van der Waals surface area contributed by atoms with Gasteiger partial charge in [0.05, 0.1) is 16.6 Å². The number of nitro benzene ring substituents is 1. The first-order valence-electron chi connectivity index (χ1n) is 4.22. The van der Waals surface area contributed by atoms with Crippen LogP contribution in [0.25, 0.3) is 0 Å². The van der Waals surface area contributed by atoms with Crippen molar-refractivity contribution in [3.63, 3.8) is 0 Å². The summed E-state index contributed by atoms with van der Waals surface area (Å²) in [7, 11) is 0. The van der Waals surface area contributed by atoms with Crippen molar-refractivity contribution in [1.82, 2.24) is 0 Å². The lowest BCUT2D eigenvalue weighted by atomic mass is 10.2. The van der Waals surface area contributed by atoms with E-state index in [1.54, 1.807) is 6.08 Å². The van der Waals surface area contributed by atoms with Gasteiger partial charge in [0.1, 0.15) is 5.69 Å². The van der Waals surface area contributed by atoms with Gasteiger partial charge in [0.2, 0.25) is 0 Å². The average molecular weight is 203 g/mol. The molecule has 0 atom stereocenters. The van der Waals surface area contributed by atoms with Crippen LogP contribution in [-0.4, -0.2) is 11.5 Å². The van der Waals surface area contributed by atoms with Crippen molar-refractivity contribution in [3.05, 3.63) is 46.5 Å². The maximum atomic E-state index is 10.6. The van der Waals surface area contributed by atoms with E-state index in [1.807, 2.05) is 6.07 Å². The van der Waals surface area contributed by atoms with E-state index in [1.165, 1.54) is 18.2 Å². The average Bonchev–Trinajstić information content (AvgIpc) is 2.25. The Morgan fingerprint density at radius 2 is 2.40 bits per heavy atom. The normalized spacial score (nSPS) is 9.00. The van der Waals surface area contributed by atoms with Gasteiger partial charge in [-0.15, -0.1) is 6.58 Å². The first kappa shape index (κ1) is 10.7. The Bertz CT molecular complexity index is 435. The molecule has 0 saturated heterocycles. The number of nitrogens with one attached hydrogen (secondary N) is 1. The molecule has 1 N–H and O–H groups in total. The minimum atomic E-state index is -0.493. The Labute approximate surface area is 86.8 Å². The summed E-state index contributed by atoms with van der Waals surface area (Å²) >= 11 is 0. The second-order valence-corrected chi connectivity index (χ2v) is 2.77. The summed E-state index contributed by atoms with van der Waals surface area (Å²) in [5, 5.41) is 22.1. The van der Waals surface area contributed by atoms with Gasteiger partial charge < -0.3 is 5.32 Å². The number of benzene rings is 1. The molecular formula is C10H9N3O2. The number of hydrogen-bond acceptors (Lipinski definition) is 4. The Kier molecular flexibility index (Phi) is 3.41. The fraction of sp³-hybridized carbons (Fsp3) is 0.100. The summed E-state index contributed by atoms with van der Waals surface area (Å²) in [6.07, 6.45) is 1.59. The summed E-state index contributed by atoms with van der Waals surface area (Å²) < 4.78 is 0. The zero-order valence-corrected chi connectivity index (χ0v) is 7.93. The minimum Gasteiger partial charge on any atom is -0.376 e. The molecule has 1 aromatic carbocycles. The number of nitrogens with zero attached hydrogens (tertiary/aromatic N) is 2. The molecule has 0 saturated carbocycles. The molecule has 5 heteroatoms. The largest absolute Gasteiger partial charge is 0.376 e. The van der Waals surface area contributed by atoms with E-state index in [9.17, 15) is 10.1 Å². The second-order valence-electron chi connectivity index (χ2n) is 2.77. The lowest BCUT2D eigenvalue weighted by molar-refractivity contribution is -0.384. The van der Waals surface area contributed by atoms with Gasteiger partial charge in [-0.2, -0.15) is 5.26 Å². The topological polar surface area (TPSA) is 79.0 Å². The standard InChI is InChI=1S/C10H9N3O2/c1-2-5-12-9-6-8(7-11)3-4-10(9)13(14)15/h2-4,6,12H,1,5H2. The molecule has 1 aromatic rings. The molecule has 0 heterocycles. The van der Waals surface area contributed by atoms with Crippen molar-refractivity contribution in [2.24, 2.45) is 0 Å². The molecule has 76 valence electrons. The van der Waals surface area contributed by atoms with Gasteiger partial charge in [0, 0.05) is 12.6 Å². The molecule has 0 fully saturated rings. The number of anilines is 1. The van der Waals surface area contributed by atoms with Crippen LogP contribution in [0.15, 0.2) is 30.9 Å². The molecule has 15 heavy (non-hydrogen) atoms. The summed E-state index contributed by atoms with van der Waals surface area (Å²) in [6, 6.07) is 6.09. The molecule has 0 aliphatic heterocycles. The van der Waals surface area contributed by atoms with Crippen molar-refractivity contribution >= 4 is 11.4 Å². The maximum Gasteiger partial charge on any atom is 0.292 e. The summed E-state index contributed by atoms with van der Waals surface area (Å²) in [5.74, 6) is 0. The van der Waals surface area contributed by atoms with Gasteiger partial charge >= 0.3 is 0 Å². The van der Waals surface area contributed by atoms with E-state index in [4.69, 9.17) is 5.26 Å². The Morgan fingerprint density at radius 3 is 2.93 bits per heavy atom. The van der Waals surface area contributed by atoms with Crippen LogP contribution in [0.4, 0.5) is 11.4 Å². The molecule has 0 amide bonds. The highest BCUT2D eigenvalue weighted by atomic mass is 16.6. The highest BCUT2D eigenvalue weighted by Gasteiger charge is 2.12. The van der Waals surface area contributed by atoms with Crippen LogP contribution in [0, 0.1) is 21.4 Å². The fourth-order valence-corrected chi connectivity index (χ4v) is 1.09. The highest BCUT2D eigenvalue weighted by molar-refractivity contribution is 5.64. The van der Waals surface area contributed by atoms with Crippen LogP contribution in [0.2, 0.25) is 0 Å². The number of rotatable bonds is 4. The van der Waals surface area contributed by atoms with Crippen molar-refractivity contribution in [3.8, 4) is 6.07 Å². The van der Waals surface area contributed by atoms with Gasteiger partial charge in [-0.1, -0.05) is 6.08 Å². The summed E-state index contributed by atoms with van der Waals surface area (Å²) in [5.41, 5.74) is 0.668. The molecule has 0 bridgehead atoms. The molecular weight excluding hydrogens is 194 g/mol. The molecule has 0 aliphatic carbocycles. The molecule has 5 nitrogen and oxygen atoms in total. The predicted molar refractivity (Wildman–Crippen MR) is 56.5 cm³/mol. The Hall–Kier alpha value is -2.35. The van der Waals surface area contributed by atoms with Gasteiger partial charge in [0.25, 0.3) is 5.69 Å². The highest BCUT2D eigenvalue weighted by Crippen LogP contribution is 2.24. The van der Waals surface area contributed by atoms with E-state index in [0.717, 1.165) is 0 Å². The SMILES string of the molecule is C=CCNc1cc(C#N)ccc1[N+](=O)[O-]. The number of nitriles is 1. The van der Waals surface area contributed by atoms with Crippen LogP contribution in [0.5, 0.6) is 0 Å². The molecule has 1 rings (SSSR count). The van der Waals surface area contributed by atoms with Crippen molar-refractivity contribution in [1.29, 1.82) is 5.26 Å². The quantitative estimate of drug-likeness (QED) is 0.461. The predicted octanol–water partition coefficient (Wildman–Crippen LogP) is 2.06. The monoisotopic (exact) mass is 203 g/mol. The lowest BCUT2D eigenvalue weighted by Crippen LogP contribution is -2.02. The van der Waals surface area contributed by atoms with Gasteiger partial charge in [-0.25, -0.2) is 0 Å². The van der Waals surface area contributed by atoms with Crippen molar-refractivity contribution < 1.29 is 4.92 Å². The van der Waals surface area contributed by atoms with Crippen molar-refractivity contribution in [2.45, 2.75) is 0 Å². The third-order valence-electron chi connectivity index (χ3n) is 1.76. The van der Waals surface area contributed by atoms with Gasteiger partial charge in [-0.05, 0) is 12.1 Å². The third kappa shape index (κ3) is 2.54. The Morgan fingerprint density at radius 1 is 1.67 bits per heavy atom. The van der Waals surface area contributed by atoms with E-state index in [0.29, 0.717) is 17.8 Å². The zero-order chi connectivity index (χ0) is 11.3. The minimum absolute atomic E-state index is 0.0455. The summed E-state index contributed by atoms with van der Waals surface area (Å²) in [4.78, 5) is 10.1. The first-order chi connectivity index (χ1) is 7.19. The van der Waals surface area contributed by atoms with E-state index in [2.05, 4.69) is 11.9 Å². The molecule has 0 aliphatic rings. The van der Waals surface area contributed by atoms with Crippen molar-refractivity contribution in [2.75, 3.05) is 11.9 Å². The van der Waals surface area contributed by atoms with Crippen LogP contribution in [-0.2, 0) is 0 Å². The smallest absolute Gasteiger partial charge is 0.292 e. The Balaban J connectivity index is 3.11. The van der Waals surface area contributed by atoms with E-state index >= 15 is 0 Å². The fourth-order valence-electron chi connectivity index (χ4n) is 1.09. The second kappa shape index (κ2) is 4.77. The molecule has 0 unspecified atom stereocenters. The molecule has 0 radical (unpaired) electrons. The van der Waals surface area contributed by atoms with Gasteiger partial charge in [-0.3, -0.25) is 10.1 Å². The van der Waals surface area contributed by atoms with Crippen LogP contribution < -0.4 is 5.32 Å². The summed E-state index contributed by atoms with van der Waals surface area (Å²) in [6.45, 7) is 3.91. The first-order valence-corrected chi connectivity index (χ1v) is 4.22. The van der Waals surface area contributed by atoms with Crippen LogP contribution in [0.1, 0.15) is 5.56 Å². The van der Waals surface area contributed by atoms with Gasteiger partial charge in [0.15, 0.2) is 0 Å². The number of hydrogen-bond donors (Lipinski definition) is 1.